The van der Waals surface area contributed by atoms with E-state index in [2.05, 4.69) is 20.5 Å². The SMILES string of the molecule is CCNC(=NCCNC(=O)C(C)(C)C)N(C)CCc1ccc(OC)c(OC)c1.I. The highest BCUT2D eigenvalue weighted by Crippen LogP contribution is 2.27. The number of benzene rings is 1. The van der Waals surface area contributed by atoms with Gasteiger partial charge in [-0.15, -0.1) is 24.0 Å². The average molecular weight is 520 g/mol. The number of likely N-dealkylation sites (N-methyl/N-ethyl adjacent to an activating group) is 1. The van der Waals surface area contributed by atoms with Crippen LogP contribution in [-0.2, 0) is 11.2 Å². The zero-order chi connectivity index (χ0) is 21.2. The molecule has 0 saturated heterocycles. The van der Waals surface area contributed by atoms with Gasteiger partial charge in [0.05, 0.1) is 20.8 Å². The quantitative estimate of drug-likeness (QED) is 0.227. The second-order valence-corrected chi connectivity index (χ2v) is 7.60. The summed E-state index contributed by atoms with van der Waals surface area (Å²) in [5, 5.41) is 6.22. The van der Waals surface area contributed by atoms with Gasteiger partial charge in [-0.1, -0.05) is 26.8 Å². The maximum absolute atomic E-state index is 11.9. The van der Waals surface area contributed by atoms with E-state index in [-0.39, 0.29) is 35.3 Å². The minimum Gasteiger partial charge on any atom is -0.493 e. The van der Waals surface area contributed by atoms with Gasteiger partial charge >= 0.3 is 0 Å². The largest absolute Gasteiger partial charge is 0.493 e. The van der Waals surface area contributed by atoms with Gasteiger partial charge in [0.2, 0.25) is 5.91 Å². The van der Waals surface area contributed by atoms with E-state index < -0.39 is 0 Å². The molecule has 0 spiro atoms. The lowest BCUT2D eigenvalue weighted by Crippen LogP contribution is -2.41. The van der Waals surface area contributed by atoms with Crippen molar-refractivity contribution in [3.8, 4) is 11.5 Å². The van der Waals surface area contributed by atoms with E-state index in [1.165, 1.54) is 0 Å². The molecule has 0 radical (unpaired) electrons. The molecule has 0 saturated carbocycles. The summed E-state index contributed by atoms with van der Waals surface area (Å²) in [6.45, 7) is 10.4. The van der Waals surface area contributed by atoms with Gasteiger partial charge in [-0.05, 0) is 31.0 Å². The summed E-state index contributed by atoms with van der Waals surface area (Å²) in [5.74, 6) is 2.33. The third-order valence-corrected chi connectivity index (χ3v) is 4.22. The van der Waals surface area contributed by atoms with Crippen LogP contribution in [0, 0.1) is 5.41 Å². The standard InChI is InChI=1S/C21H36N4O3.HI/c1-8-22-20(24-13-12-23-19(26)21(2,3)4)25(5)14-11-16-9-10-17(27-6)18(15-16)28-7;/h9-10,15H,8,11-14H2,1-7H3,(H,22,24)(H,23,26);1H. The van der Waals surface area contributed by atoms with Gasteiger partial charge in [0.25, 0.3) is 0 Å². The van der Waals surface area contributed by atoms with Crippen LogP contribution in [0.5, 0.6) is 11.5 Å². The lowest BCUT2D eigenvalue weighted by Gasteiger charge is -2.22. The molecule has 0 aliphatic rings. The van der Waals surface area contributed by atoms with Crippen LogP contribution in [0.1, 0.15) is 33.3 Å². The van der Waals surface area contributed by atoms with Crippen LogP contribution in [-0.4, -0.2) is 64.2 Å². The van der Waals surface area contributed by atoms with Crippen molar-refractivity contribution < 1.29 is 14.3 Å². The summed E-state index contributed by atoms with van der Waals surface area (Å²) in [7, 11) is 5.28. The first-order chi connectivity index (χ1) is 13.2. The number of hydrogen-bond donors (Lipinski definition) is 2. The first-order valence-electron chi connectivity index (χ1n) is 9.71. The Bertz CT molecular complexity index is 660. The fourth-order valence-corrected chi connectivity index (χ4v) is 2.50. The second-order valence-electron chi connectivity index (χ2n) is 7.60. The van der Waals surface area contributed by atoms with E-state index in [1.54, 1.807) is 14.2 Å². The molecule has 7 nitrogen and oxygen atoms in total. The number of nitrogens with zero attached hydrogens (tertiary/aromatic N) is 2. The molecule has 166 valence electrons. The van der Waals surface area contributed by atoms with Gasteiger partial charge in [-0.2, -0.15) is 0 Å². The summed E-state index contributed by atoms with van der Waals surface area (Å²) in [4.78, 5) is 18.6. The highest BCUT2D eigenvalue weighted by Gasteiger charge is 2.20. The predicted molar refractivity (Wildman–Crippen MR) is 130 cm³/mol. The van der Waals surface area contributed by atoms with Crippen LogP contribution in [0.3, 0.4) is 0 Å². The van der Waals surface area contributed by atoms with Crippen molar-refractivity contribution in [3.63, 3.8) is 0 Å². The highest BCUT2D eigenvalue weighted by atomic mass is 127. The van der Waals surface area contributed by atoms with E-state index in [4.69, 9.17) is 9.47 Å². The number of carbonyl (C=O) groups excluding carboxylic acids is 1. The van der Waals surface area contributed by atoms with E-state index in [1.807, 2.05) is 52.9 Å². The zero-order valence-electron chi connectivity index (χ0n) is 18.8. The number of methoxy groups -OCH3 is 2. The monoisotopic (exact) mass is 520 g/mol. The zero-order valence-corrected chi connectivity index (χ0v) is 21.1. The first-order valence-corrected chi connectivity index (χ1v) is 9.71. The highest BCUT2D eigenvalue weighted by molar-refractivity contribution is 14.0. The van der Waals surface area contributed by atoms with Crippen molar-refractivity contribution >= 4 is 35.8 Å². The van der Waals surface area contributed by atoms with E-state index in [0.29, 0.717) is 13.1 Å². The molecule has 1 rings (SSSR count). The number of nitrogens with one attached hydrogen (secondary N) is 2. The van der Waals surface area contributed by atoms with Gasteiger partial charge in [0.1, 0.15) is 0 Å². The third kappa shape index (κ3) is 9.56. The molecule has 8 heteroatoms. The van der Waals surface area contributed by atoms with Crippen LogP contribution in [0.15, 0.2) is 23.2 Å². The number of ether oxygens (including phenoxy) is 2. The molecular weight excluding hydrogens is 483 g/mol. The Kier molecular flexibility index (Phi) is 12.7. The molecule has 1 aromatic carbocycles. The van der Waals surface area contributed by atoms with Gasteiger partial charge < -0.3 is 25.0 Å². The summed E-state index contributed by atoms with van der Waals surface area (Å²) < 4.78 is 10.7. The Morgan fingerprint density at radius 3 is 2.34 bits per heavy atom. The van der Waals surface area contributed by atoms with Crippen molar-refractivity contribution in [2.75, 3.05) is 47.4 Å². The molecule has 0 heterocycles. The van der Waals surface area contributed by atoms with E-state index >= 15 is 0 Å². The van der Waals surface area contributed by atoms with Crippen molar-refractivity contribution in [1.29, 1.82) is 0 Å². The van der Waals surface area contributed by atoms with Gasteiger partial charge in [-0.25, -0.2) is 0 Å². The predicted octanol–water partition coefficient (Wildman–Crippen LogP) is 2.92. The van der Waals surface area contributed by atoms with Crippen molar-refractivity contribution in [2.24, 2.45) is 10.4 Å². The van der Waals surface area contributed by atoms with E-state index in [0.717, 1.165) is 42.5 Å². The summed E-state index contributed by atoms with van der Waals surface area (Å²) >= 11 is 0. The van der Waals surface area contributed by atoms with Crippen LogP contribution in [0.25, 0.3) is 0 Å². The smallest absolute Gasteiger partial charge is 0.225 e. The first kappa shape index (κ1) is 27.3. The maximum atomic E-state index is 11.9. The number of guanidine groups is 1. The van der Waals surface area contributed by atoms with Gasteiger partial charge in [0.15, 0.2) is 17.5 Å². The Morgan fingerprint density at radius 1 is 1.14 bits per heavy atom. The van der Waals surface area contributed by atoms with Gasteiger partial charge in [-0.3, -0.25) is 9.79 Å². The lowest BCUT2D eigenvalue weighted by molar-refractivity contribution is -0.128. The number of amides is 1. The van der Waals surface area contributed by atoms with Crippen molar-refractivity contribution in [3.05, 3.63) is 23.8 Å². The molecule has 0 aliphatic carbocycles. The van der Waals surface area contributed by atoms with Crippen molar-refractivity contribution in [2.45, 2.75) is 34.1 Å². The fraction of sp³-hybridized carbons (Fsp3) is 0.619. The van der Waals surface area contributed by atoms with Crippen LogP contribution in [0.4, 0.5) is 0 Å². The number of carbonyl (C=O) groups is 1. The molecule has 0 aliphatic heterocycles. The minimum absolute atomic E-state index is 0. The molecule has 0 unspecified atom stereocenters. The molecule has 0 fully saturated rings. The Balaban J connectivity index is 0.00000784. The maximum Gasteiger partial charge on any atom is 0.225 e. The van der Waals surface area contributed by atoms with Crippen LogP contribution >= 0.6 is 24.0 Å². The second kappa shape index (κ2) is 13.5. The molecule has 0 atom stereocenters. The number of halogens is 1. The molecule has 2 N–H and O–H groups in total. The molecule has 0 bridgehead atoms. The Morgan fingerprint density at radius 2 is 1.79 bits per heavy atom. The van der Waals surface area contributed by atoms with Crippen molar-refractivity contribution in [1.82, 2.24) is 15.5 Å². The summed E-state index contributed by atoms with van der Waals surface area (Å²) in [5.41, 5.74) is 0.780. The summed E-state index contributed by atoms with van der Waals surface area (Å²) in [6, 6.07) is 5.96. The average Bonchev–Trinajstić information content (AvgIpc) is 2.67. The Hall–Kier alpha value is -1.71. The topological polar surface area (TPSA) is 75.2 Å². The number of rotatable bonds is 9. The fourth-order valence-electron chi connectivity index (χ4n) is 2.50. The molecular formula is C21H37IN4O3. The normalized spacial score (nSPS) is 11.3. The molecule has 29 heavy (non-hydrogen) atoms. The number of hydrogen-bond acceptors (Lipinski definition) is 4. The summed E-state index contributed by atoms with van der Waals surface area (Å²) in [6.07, 6.45) is 0.849. The third-order valence-electron chi connectivity index (χ3n) is 4.22. The Labute approximate surface area is 192 Å². The molecule has 1 aromatic rings. The molecule has 1 amide bonds. The minimum atomic E-state index is -0.384. The number of aliphatic imine (C=N–C) groups is 1. The lowest BCUT2D eigenvalue weighted by atomic mass is 9.96. The van der Waals surface area contributed by atoms with Crippen LogP contribution in [0.2, 0.25) is 0 Å². The molecule has 0 aromatic heterocycles. The van der Waals surface area contributed by atoms with Crippen LogP contribution < -0.4 is 20.1 Å². The van der Waals surface area contributed by atoms with E-state index in [9.17, 15) is 4.79 Å². The van der Waals surface area contributed by atoms with Gasteiger partial charge in [0, 0.05) is 32.1 Å².